The van der Waals surface area contributed by atoms with Crippen molar-refractivity contribution in [3.05, 3.63) is 54.1 Å². The number of methoxy groups -OCH3 is 1. The minimum absolute atomic E-state index is 0.270. The Bertz CT molecular complexity index is 954. The van der Waals surface area contributed by atoms with E-state index in [4.69, 9.17) is 9.47 Å². The summed E-state index contributed by atoms with van der Waals surface area (Å²) in [5.74, 6) is 1.15. The van der Waals surface area contributed by atoms with Gasteiger partial charge in [-0.15, -0.1) is 10.2 Å². The van der Waals surface area contributed by atoms with Crippen LogP contribution in [0.25, 0.3) is 17.1 Å². The zero-order valence-electron chi connectivity index (χ0n) is 16.4. The number of benzene rings is 2. The van der Waals surface area contributed by atoms with E-state index < -0.39 is 5.25 Å². The van der Waals surface area contributed by atoms with Gasteiger partial charge in [0.2, 0.25) is 0 Å². The lowest BCUT2D eigenvalue weighted by atomic mass is 10.2. The molecule has 0 saturated heterocycles. The number of thioether (sulfide) groups is 1. The first kappa shape index (κ1) is 19.9. The van der Waals surface area contributed by atoms with Gasteiger partial charge in [0.25, 0.3) is 0 Å². The van der Waals surface area contributed by atoms with Crippen molar-refractivity contribution in [2.75, 3.05) is 13.7 Å². The Kier molecular flexibility index (Phi) is 6.36. The number of carbonyl (C=O) groups excluding carboxylic acids is 1. The second kappa shape index (κ2) is 8.93. The maximum atomic E-state index is 12.1. The van der Waals surface area contributed by atoms with Gasteiger partial charge in [0.1, 0.15) is 11.0 Å². The molecule has 0 amide bonds. The maximum Gasteiger partial charge on any atom is 0.319 e. The van der Waals surface area contributed by atoms with Crippen LogP contribution in [0.4, 0.5) is 0 Å². The largest absolute Gasteiger partial charge is 0.497 e. The molecule has 1 atom stereocenters. The second-order valence-electron chi connectivity index (χ2n) is 6.22. The lowest BCUT2D eigenvalue weighted by Gasteiger charge is -2.13. The summed E-state index contributed by atoms with van der Waals surface area (Å²) in [5.41, 5.74) is 2.96. The fourth-order valence-corrected chi connectivity index (χ4v) is 3.55. The minimum Gasteiger partial charge on any atom is -0.497 e. The van der Waals surface area contributed by atoms with E-state index in [2.05, 4.69) is 10.2 Å². The van der Waals surface area contributed by atoms with E-state index in [1.165, 1.54) is 11.8 Å². The monoisotopic (exact) mass is 397 g/mol. The highest BCUT2D eigenvalue weighted by atomic mass is 32.2. The highest BCUT2D eigenvalue weighted by Gasteiger charge is 2.22. The molecule has 0 aliphatic heterocycles. The topological polar surface area (TPSA) is 66.2 Å². The molecule has 0 aliphatic carbocycles. The van der Waals surface area contributed by atoms with Gasteiger partial charge in [0, 0.05) is 11.3 Å². The van der Waals surface area contributed by atoms with E-state index in [0.29, 0.717) is 17.6 Å². The van der Waals surface area contributed by atoms with E-state index in [1.807, 2.05) is 66.9 Å². The number of rotatable bonds is 7. The number of aromatic nitrogens is 3. The molecule has 0 saturated carbocycles. The summed E-state index contributed by atoms with van der Waals surface area (Å²) >= 11 is 1.33. The first-order valence-corrected chi connectivity index (χ1v) is 9.91. The molecule has 0 unspecified atom stereocenters. The fourth-order valence-electron chi connectivity index (χ4n) is 2.69. The van der Waals surface area contributed by atoms with E-state index in [1.54, 1.807) is 14.0 Å². The molecule has 3 rings (SSSR count). The standard InChI is InChI=1S/C21H23N3O3S/c1-5-27-20(25)15(3)28-21-23-22-19(16-7-6-8-18(13-16)26-4)24(21)17-11-9-14(2)10-12-17/h6-13,15H,5H2,1-4H3/t15-/m0/s1. The molecule has 0 N–H and O–H groups in total. The third-order valence-corrected chi connectivity index (χ3v) is 5.18. The molecule has 0 radical (unpaired) electrons. The molecule has 1 aromatic heterocycles. The van der Waals surface area contributed by atoms with Crippen molar-refractivity contribution in [2.45, 2.75) is 31.2 Å². The van der Waals surface area contributed by atoms with Gasteiger partial charge in [0.05, 0.1) is 13.7 Å². The Morgan fingerprint density at radius 3 is 2.61 bits per heavy atom. The van der Waals surface area contributed by atoms with Crippen LogP contribution in [0.5, 0.6) is 5.75 Å². The number of carbonyl (C=O) groups is 1. The average Bonchev–Trinajstić information content (AvgIpc) is 3.12. The fraction of sp³-hybridized carbons (Fsp3) is 0.286. The third kappa shape index (κ3) is 4.36. The van der Waals surface area contributed by atoms with Gasteiger partial charge in [-0.25, -0.2) is 0 Å². The zero-order chi connectivity index (χ0) is 20.1. The summed E-state index contributed by atoms with van der Waals surface area (Å²) in [5, 5.41) is 8.99. The molecule has 3 aromatic rings. The molecule has 0 spiro atoms. The van der Waals surface area contributed by atoms with Crippen LogP contribution in [0.2, 0.25) is 0 Å². The van der Waals surface area contributed by atoms with Crippen LogP contribution >= 0.6 is 11.8 Å². The van der Waals surface area contributed by atoms with E-state index in [9.17, 15) is 4.79 Å². The van der Waals surface area contributed by atoms with Gasteiger partial charge in [-0.2, -0.15) is 0 Å². The van der Waals surface area contributed by atoms with Gasteiger partial charge >= 0.3 is 5.97 Å². The van der Waals surface area contributed by atoms with Crippen LogP contribution in [-0.2, 0) is 9.53 Å². The van der Waals surface area contributed by atoms with Gasteiger partial charge in [-0.05, 0) is 45.0 Å². The Labute approximate surface area is 168 Å². The predicted octanol–water partition coefficient (Wildman–Crippen LogP) is 4.30. The van der Waals surface area contributed by atoms with Crippen molar-refractivity contribution < 1.29 is 14.3 Å². The Balaban J connectivity index is 2.06. The molecular formula is C21H23N3O3S. The van der Waals surface area contributed by atoms with E-state index >= 15 is 0 Å². The van der Waals surface area contributed by atoms with Crippen molar-refractivity contribution in [3.8, 4) is 22.8 Å². The van der Waals surface area contributed by atoms with Crippen molar-refractivity contribution >= 4 is 17.7 Å². The van der Waals surface area contributed by atoms with Gasteiger partial charge in [-0.3, -0.25) is 9.36 Å². The summed E-state index contributed by atoms with van der Waals surface area (Å²) in [6, 6.07) is 15.8. The molecule has 0 aliphatic rings. The van der Waals surface area contributed by atoms with Gasteiger partial charge in [0.15, 0.2) is 11.0 Å². The zero-order valence-corrected chi connectivity index (χ0v) is 17.2. The number of nitrogens with zero attached hydrogens (tertiary/aromatic N) is 3. The van der Waals surface area contributed by atoms with Crippen molar-refractivity contribution in [2.24, 2.45) is 0 Å². The highest BCUT2D eigenvalue weighted by molar-refractivity contribution is 8.00. The molecule has 2 aromatic carbocycles. The number of hydrogen-bond acceptors (Lipinski definition) is 6. The maximum absolute atomic E-state index is 12.1. The Hall–Kier alpha value is -2.80. The van der Waals surface area contributed by atoms with E-state index in [-0.39, 0.29) is 5.97 Å². The molecule has 146 valence electrons. The normalized spacial score (nSPS) is 11.9. The predicted molar refractivity (Wildman–Crippen MR) is 110 cm³/mol. The highest BCUT2D eigenvalue weighted by Crippen LogP contribution is 2.31. The molecule has 0 fully saturated rings. The molecule has 1 heterocycles. The van der Waals surface area contributed by atoms with Crippen LogP contribution < -0.4 is 4.74 Å². The minimum atomic E-state index is -0.397. The smallest absolute Gasteiger partial charge is 0.319 e. The van der Waals surface area contributed by atoms with Crippen LogP contribution in [0, 0.1) is 6.92 Å². The van der Waals surface area contributed by atoms with Crippen molar-refractivity contribution in [3.63, 3.8) is 0 Å². The Morgan fingerprint density at radius 2 is 1.93 bits per heavy atom. The van der Waals surface area contributed by atoms with Crippen LogP contribution in [0.3, 0.4) is 0 Å². The number of ether oxygens (including phenoxy) is 2. The van der Waals surface area contributed by atoms with Gasteiger partial charge < -0.3 is 9.47 Å². The van der Waals surface area contributed by atoms with Crippen molar-refractivity contribution in [1.29, 1.82) is 0 Å². The molecule has 0 bridgehead atoms. The van der Waals surface area contributed by atoms with Crippen LogP contribution in [0.1, 0.15) is 19.4 Å². The summed E-state index contributed by atoms with van der Waals surface area (Å²) in [7, 11) is 1.63. The average molecular weight is 398 g/mol. The quantitative estimate of drug-likeness (QED) is 0.438. The molecule has 28 heavy (non-hydrogen) atoms. The second-order valence-corrected chi connectivity index (χ2v) is 7.53. The number of aryl methyl sites for hydroxylation is 1. The SMILES string of the molecule is CCOC(=O)[C@H](C)Sc1nnc(-c2cccc(OC)c2)n1-c1ccc(C)cc1. The summed E-state index contributed by atoms with van der Waals surface area (Å²) in [6.45, 7) is 5.99. The van der Waals surface area contributed by atoms with E-state index in [0.717, 1.165) is 22.6 Å². The number of hydrogen-bond donors (Lipinski definition) is 0. The van der Waals surface area contributed by atoms with Crippen LogP contribution in [0.15, 0.2) is 53.7 Å². The van der Waals surface area contributed by atoms with Gasteiger partial charge in [-0.1, -0.05) is 41.6 Å². The van der Waals surface area contributed by atoms with Crippen molar-refractivity contribution in [1.82, 2.24) is 14.8 Å². The summed E-state index contributed by atoms with van der Waals surface area (Å²) in [4.78, 5) is 12.1. The first-order chi connectivity index (χ1) is 13.5. The molecule has 7 heteroatoms. The lowest BCUT2D eigenvalue weighted by Crippen LogP contribution is -2.17. The van der Waals surface area contributed by atoms with Crippen LogP contribution in [-0.4, -0.2) is 39.7 Å². The summed E-state index contributed by atoms with van der Waals surface area (Å²) < 4.78 is 12.4. The third-order valence-electron chi connectivity index (χ3n) is 4.15. The molecule has 6 nitrogen and oxygen atoms in total. The first-order valence-electron chi connectivity index (χ1n) is 9.03. The number of esters is 1. The Morgan fingerprint density at radius 1 is 1.18 bits per heavy atom. The lowest BCUT2D eigenvalue weighted by molar-refractivity contribution is -0.142. The summed E-state index contributed by atoms with van der Waals surface area (Å²) in [6.07, 6.45) is 0. The molecular weight excluding hydrogens is 374 g/mol.